The highest BCUT2D eigenvalue weighted by Gasteiger charge is 2.14. The second-order valence-corrected chi connectivity index (χ2v) is 4.48. The van der Waals surface area contributed by atoms with Crippen LogP contribution in [0, 0.1) is 0 Å². The molecule has 0 saturated heterocycles. The monoisotopic (exact) mass is 281 g/mol. The third kappa shape index (κ3) is 2.91. The first-order chi connectivity index (χ1) is 10.4. The molecule has 0 saturated carbocycles. The Morgan fingerprint density at radius 2 is 1.90 bits per heavy atom. The highest BCUT2D eigenvalue weighted by Crippen LogP contribution is 2.27. The van der Waals surface area contributed by atoms with Crippen LogP contribution in [0.25, 0.3) is 22.8 Å². The molecule has 0 unspecified atom stereocenters. The van der Waals surface area contributed by atoms with Crippen LogP contribution >= 0.6 is 0 Å². The van der Waals surface area contributed by atoms with Crippen molar-refractivity contribution >= 4 is 0 Å². The van der Waals surface area contributed by atoms with Gasteiger partial charge < -0.3 is 9.15 Å². The van der Waals surface area contributed by atoms with Crippen molar-refractivity contribution in [2.24, 2.45) is 0 Å². The number of benzene rings is 1. The fraction of sp³-hybridized carbons (Fsp3) is 0.188. The molecule has 0 aliphatic carbocycles. The fourth-order valence-electron chi connectivity index (χ4n) is 1.90. The Morgan fingerprint density at radius 1 is 1.05 bits per heavy atom. The van der Waals surface area contributed by atoms with Crippen molar-refractivity contribution in [3.8, 4) is 28.7 Å². The molecule has 2 heterocycles. The first-order valence-corrected chi connectivity index (χ1v) is 6.85. The van der Waals surface area contributed by atoms with Crippen LogP contribution in [0.15, 0.2) is 53.1 Å². The van der Waals surface area contributed by atoms with Crippen molar-refractivity contribution in [3.05, 3.63) is 48.7 Å². The van der Waals surface area contributed by atoms with Gasteiger partial charge in [0.05, 0.1) is 12.9 Å². The molecule has 0 amide bonds. The second-order valence-electron chi connectivity index (χ2n) is 4.48. The van der Waals surface area contributed by atoms with Gasteiger partial charge in [-0.3, -0.25) is 0 Å². The van der Waals surface area contributed by atoms with Crippen LogP contribution in [0.5, 0.6) is 5.88 Å². The van der Waals surface area contributed by atoms with Crippen LogP contribution in [0.2, 0.25) is 0 Å². The molecule has 3 rings (SSSR count). The van der Waals surface area contributed by atoms with E-state index in [9.17, 15) is 0 Å². The Bertz CT molecular complexity index is 697. The van der Waals surface area contributed by atoms with E-state index in [1.54, 1.807) is 18.4 Å². The van der Waals surface area contributed by atoms with Gasteiger partial charge in [0, 0.05) is 5.56 Å². The Morgan fingerprint density at radius 3 is 2.62 bits per heavy atom. The van der Waals surface area contributed by atoms with Gasteiger partial charge in [-0.2, -0.15) is 4.98 Å². The maximum atomic E-state index is 5.72. The summed E-state index contributed by atoms with van der Waals surface area (Å²) in [4.78, 5) is 4.44. The molecule has 2 aromatic heterocycles. The highest BCUT2D eigenvalue weighted by atomic mass is 16.5. The third-order valence-electron chi connectivity index (χ3n) is 2.89. The average molecular weight is 281 g/mol. The Balaban J connectivity index is 2.03. The maximum absolute atomic E-state index is 5.72. The largest absolute Gasteiger partial charge is 0.476 e. The molecule has 3 aromatic rings. The molecule has 0 atom stereocenters. The van der Waals surface area contributed by atoms with E-state index in [1.807, 2.05) is 37.3 Å². The smallest absolute Gasteiger partial charge is 0.244 e. The van der Waals surface area contributed by atoms with E-state index in [1.165, 1.54) is 0 Å². The molecule has 5 heteroatoms. The lowest BCUT2D eigenvalue weighted by molar-refractivity contribution is 0.304. The van der Waals surface area contributed by atoms with Gasteiger partial charge >= 0.3 is 0 Å². The first kappa shape index (κ1) is 13.3. The Kier molecular flexibility index (Phi) is 3.91. The quantitative estimate of drug-likeness (QED) is 0.715. The predicted molar refractivity (Wildman–Crippen MR) is 78.8 cm³/mol. The summed E-state index contributed by atoms with van der Waals surface area (Å²) < 4.78 is 11.0. The summed E-state index contributed by atoms with van der Waals surface area (Å²) in [5, 5.41) is 8.39. The summed E-state index contributed by atoms with van der Waals surface area (Å²) in [5.74, 6) is 1.47. The zero-order valence-electron chi connectivity index (χ0n) is 11.7. The third-order valence-corrected chi connectivity index (χ3v) is 2.89. The Labute approximate surface area is 122 Å². The van der Waals surface area contributed by atoms with Crippen LogP contribution < -0.4 is 4.74 Å². The fourth-order valence-corrected chi connectivity index (χ4v) is 1.90. The minimum absolute atomic E-state index is 0.422. The molecule has 0 N–H and O–H groups in total. The number of nitrogens with zero attached hydrogens (tertiary/aromatic N) is 3. The average Bonchev–Trinajstić information content (AvgIpc) is 3.08. The number of furan rings is 1. The van der Waals surface area contributed by atoms with Crippen molar-refractivity contribution in [1.29, 1.82) is 0 Å². The summed E-state index contributed by atoms with van der Waals surface area (Å²) >= 11 is 0. The van der Waals surface area contributed by atoms with E-state index in [0.717, 1.165) is 12.0 Å². The van der Waals surface area contributed by atoms with Crippen molar-refractivity contribution < 1.29 is 9.15 Å². The van der Waals surface area contributed by atoms with Gasteiger partial charge in [0.1, 0.15) is 0 Å². The molecule has 106 valence electrons. The van der Waals surface area contributed by atoms with Gasteiger partial charge in [0.15, 0.2) is 11.5 Å². The molecule has 5 nitrogen and oxygen atoms in total. The van der Waals surface area contributed by atoms with Gasteiger partial charge in [-0.1, -0.05) is 37.3 Å². The predicted octanol–water partition coefficient (Wildman–Crippen LogP) is 3.59. The molecule has 0 aliphatic heterocycles. The topological polar surface area (TPSA) is 61.0 Å². The molecule has 21 heavy (non-hydrogen) atoms. The van der Waals surface area contributed by atoms with E-state index in [4.69, 9.17) is 9.15 Å². The number of hydrogen-bond acceptors (Lipinski definition) is 5. The normalized spacial score (nSPS) is 10.5. The molecule has 1 aromatic carbocycles. The van der Waals surface area contributed by atoms with E-state index in [0.29, 0.717) is 29.8 Å². The minimum Gasteiger partial charge on any atom is -0.476 e. The number of ether oxygens (including phenoxy) is 1. The van der Waals surface area contributed by atoms with Crippen molar-refractivity contribution in [2.75, 3.05) is 6.61 Å². The molecule has 0 bridgehead atoms. The highest BCUT2D eigenvalue weighted by molar-refractivity contribution is 5.64. The standard InChI is InChI=1S/C16H15N3O2/c1-2-10-21-16-14(12-7-4-3-5-8-12)18-19-15(17-16)13-9-6-11-20-13/h3-9,11H,2,10H2,1H3. The van der Waals surface area contributed by atoms with Crippen molar-refractivity contribution in [1.82, 2.24) is 15.2 Å². The van der Waals surface area contributed by atoms with Gasteiger partial charge in [-0.15, -0.1) is 10.2 Å². The summed E-state index contributed by atoms with van der Waals surface area (Å²) in [6.07, 6.45) is 2.48. The van der Waals surface area contributed by atoms with Crippen LogP contribution in [0.1, 0.15) is 13.3 Å². The lowest BCUT2D eigenvalue weighted by atomic mass is 10.1. The lowest BCUT2D eigenvalue weighted by Gasteiger charge is -2.09. The van der Waals surface area contributed by atoms with Gasteiger partial charge in [0.2, 0.25) is 11.7 Å². The molecule has 0 spiro atoms. The first-order valence-electron chi connectivity index (χ1n) is 6.85. The number of aromatic nitrogens is 3. The minimum atomic E-state index is 0.422. The molecule has 0 radical (unpaired) electrons. The molecular weight excluding hydrogens is 266 g/mol. The van der Waals surface area contributed by atoms with E-state index in [-0.39, 0.29) is 0 Å². The molecule has 0 fully saturated rings. The van der Waals surface area contributed by atoms with Crippen LogP contribution in [0.4, 0.5) is 0 Å². The summed E-state index contributed by atoms with van der Waals surface area (Å²) in [6.45, 7) is 2.63. The SMILES string of the molecule is CCCOc1nc(-c2ccco2)nnc1-c1ccccc1. The molecule has 0 aliphatic rings. The Hall–Kier alpha value is -2.69. The maximum Gasteiger partial charge on any atom is 0.244 e. The van der Waals surface area contributed by atoms with Crippen LogP contribution in [-0.4, -0.2) is 21.8 Å². The summed E-state index contributed by atoms with van der Waals surface area (Å²) in [7, 11) is 0. The van der Waals surface area contributed by atoms with Crippen molar-refractivity contribution in [2.45, 2.75) is 13.3 Å². The lowest BCUT2D eigenvalue weighted by Crippen LogP contribution is -2.04. The summed E-state index contributed by atoms with van der Waals surface area (Å²) in [5.41, 5.74) is 1.56. The van der Waals surface area contributed by atoms with Gasteiger partial charge in [-0.25, -0.2) is 0 Å². The summed E-state index contributed by atoms with van der Waals surface area (Å²) in [6, 6.07) is 13.3. The zero-order valence-corrected chi connectivity index (χ0v) is 11.7. The van der Waals surface area contributed by atoms with E-state index < -0.39 is 0 Å². The van der Waals surface area contributed by atoms with Crippen LogP contribution in [0.3, 0.4) is 0 Å². The van der Waals surface area contributed by atoms with Crippen molar-refractivity contribution in [3.63, 3.8) is 0 Å². The molecular formula is C16H15N3O2. The second kappa shape index (κ2) is 6.17. The number of hydrogen-bond donors (Lipinski definition) is 0. The number of rotatable bonds is 5. The van der Waals surface area contributed by atoms with Crippen LogP contribution in [-0.2, 0) is 0 Å². The zero-order chi connectivity index (χ0) is 14.5. The van der Waals surface area contributed by atoms with Gasteiger partial charge in [0.25, 0.3) is 0 Å². The van der Waals surface area contributed by atoms with Gasteiger partial charge in [-0.05, 0) is 18.6 Å². The van der Waals surface area contributed by atoms with E-state index in [2.05, 4.69) is 15.2 Å². The van der Waals surface area contributed by atoms with E-state index >= 15 is 0 Å².